The molecule has 1 aromatic carbocycles. The largest absolute Gasteiger partial charge is 0.495 e. The van der Waals surface area contributed by atoms with Crippen LogP contribution in [0.2, 0.25) is 0 Å². The minimum atomic E-state index is -3.74. The highest BCUT2D eigenvalue weighted by Gasteiger charge is 2.33. The maximum absolute atomic E-state index is 12.6. The van der Waals surface area contributed by atoms with Crippen molar-refractivity contribution in [2.45, 2.75) is 36.8 Å². The van der Waals surface area contributed by atoms with E-state index < -0.39 is 15.6 Å². The van der Waals surface area contributed by atoms with Crippen molar-refractivity contribution in [1.29, 1.82) is 0 Å². The van der Waals surface area contributed by atoms with Gasteiger partial charge in [-0.05, 0) is 37.5 Å². The van der Waals surface area contributed by atoms with E-state index in [4.69, 9.17) is 9.47 Å². The molecule has 0 unspecified atom stereocenters. The highest BCUT2D eigenvalue weighted by molar-refractivity contribution is 7.89. The van der Waals surface area contributed by atoms with Crippen LogP contribution in [0.5, 0.6) is 5.75 Å². The van der Waals surface area contributed by atoms with Crippen LogP contribution in [0.4, 0.5) is 0 Å². The Labute approximate surface area is 125 Å². The SMILES string of the molecule is COc1ccc(CO)cc1S(=O)(=O)NC1(C)CCOCC1. The quantitative estimate of drug-likeness (QED) is 0.848. The standard InChI is InChI=1S/C14H21NO5S/c1-14(5-7-20-8-6-14)15-21(17,18)13-9-11(10-16)3-4-12(13)19-2/h3-4,9,15-16H,5-8,10H2,1-2H3. The average molecular weight is 315 g/mol. The van der Waals surface area contributed by atoms with Crippen LogP contribution in [0.15, 0.2) is 23.1 Å². The summed E-state index contributed by atoms with van der Waals surface area (Å²) in [5.41, 5.74) is -0.00886. The molecule has 0 aliphatic carbocycles. The number of hydrogen-bond donors (Lipinski definition) is 2. The number of aliphatic hydroxyl groups is 1. The van der Waals surface area contributed by atoms with Crippen molar-refractivity contribution < 1.29 is 23.0 Å². The van der Waals surface area contributed by atoms with Crippen molar-refractivity contribution in [2.75, 3.05) is 20.3 Å². The molecule has 0 spiro atoms. The summed E-state index contributed by atoms with van der Waals surface area (Å²) >= 11 is 0. The van der Waals surface area contributed by atoms with E-state index >= 15 is 0 Å². The van der Waals surface area contributed by atoms with Crippen LogP contribution in [0.25, 0.3) is 0 Å². The molecule has 6 nitrogen and oxygen atoms in total. The second-order valence-electron chi connectivity index (χ2n) is 5.42. The van der Waals surface area contributed by atoms with Crippen LogP contribution < -0.4 is 9.46 Å². The highest BCUT2D eigenvalue weighted by Crippen LogP contribution is 2.28. The van der Waals surface area contributed by atoms with Crippen molar-refractivity contribution in [1.82, 2.24) is 4.72 Å². The third kappa shape index (κ3) is 3.74. The van der Waals surface area contributed by atoms with Crippen molar-refractivity contribution in [2.24, 2.45) is 0 Å². The van der Waals surface area contributed by atoms with Gasteiger partial charge in [-0.3, -0.25) is 0 Å². The number of hydrogen-bond acceptors (Lipinski definition) is 5. The Morgan fingerprint density at radius 1 is 1.38 bits per heavy atom. The summed E-state index contributed by atoms with van der Waals surface area (Å²) in [6.07, 6.45) is 1.24. The molecule has 7 heteroatoms. The van der Waals surface area contributed by atoms with Crippen LogP contribution in [0, 0.1) is 0 Å². The number of nitrogens with one attached hydrogen (secondary N) is 1. The summed E-state index contributed by atoms with van der Waals surface area (Å²) in [5.74, 6) is 0.260. The van der Waals surface area contributed by atoms with Gasteiger partial charge in [0.2, 0.25) is 10.0 Å². The molecule has 1 aliphatic rings. The molecule has 0 amide bonds. The van der Waals surface area contributed by atoms with Gasteiger partial charge in [0, 0.05) is 18.8 Å². The summed E-state index contributed by atoms with van der Waals surface area (Å²) in [4.78, 5) is 0.0456. The molecule has 21 heavy (non-hydrogen) atoms. The minimum Gasteiger partial charge on any atom is -0.495 e. The van der Waals surface area contributed by atoms with Gasteiger partial charge in [-0.25, -0.2) is 13.1 Å². The van der Waals surface area contributed by atoms with Gasteiger partial charge in [-0.1, -0.05) is 6.07 Å². The van der Waals surface area contributed by atoms with Gasteiger partial charge in [0.1, 0.15) is 10.6 Å². The maximum atomic E-state index is 12.6. The monoisotopic (exact) mass is 315 g/mol. The topological polar surface area (TPSA) is 84.9 Å². The van der Waals surface area contributed by atoms with Crippen molar-refractivity contribution in [3.05, 3.63) is 23.8 Å². The van der Waals surface area contributed by atoms with Crippen LogP contribution in [0.1, 0.15) is 25.3 Å². The predicted octanol–water partition coefficient (Wildman–Crippen LogP) is 1.03. The lowest BCUT2D eigenvalue weighted by Gasteiger charge is -2.34. The summed E-state index contributed by atoms with van der Waals surface area (Å²) in [5, 5.41) is 9.19. The molecule has 0 atom stereocenters. The molecule has 1 fully saturated rings. The fraction of sp³-hybridized carbons (Fsp3) is 0.571. The number of rotatable bonds is 5. The van der Waals surface area contributed by atoms with Gasteiger partial charge in [0.05, 0.1) is 13.7 Å². The lowest BCUT2D eigenvalue weighted by atomic mass is 9.94. The summed E-state index contributed by atoms with van der Waals surface area (Å²) < 4.78 is 38.4. The molecular formula is C14H21NO5S. The first-order chi connectivity index (χ1) is 9.90. The number of methoxy groups -OCH3 is 1. The first-order valence-corrected chi connectivity index (χ1v) is 8.28. The minimum absolute atomic E-state index is 0.0456. The Bertz CT molecular complexity index is 593. The Morgan fingerprint density at radius 2 is 2.05 bits per heavy atom. The average Bonchev–Trinajstić information content (AvgIpc) is 2.46. The van der Waals surface area contributed by atoms with Crippen LogP contribution >= 0.6 is 0 Å². The summed E-state index contributed by atoms with van der Waals surface area (Å²) in [6, 6.07) is 4.62. The Kier molecular flexibility index (Phi) is 4.88. The fourth-order valence-electron chi connectivity index (χ4n) is 2.33. The first kappa shape index (κ1) is 16.2. The van der Waals surface area contributed by atoms with Gasteiger partial charge in [0.15, 0.2) is 0 Å². The first-order valence-electron chi connectivity index (χ1n) is 6.80. The van der Waals surface area contributed by atoms with E-state index in [9.17, 15) is 13.5 Å². The van der Waals surface area contributed by atoms with Gasteiger partial charge < -0.3 is 14.6 Å². The molecular weight excluding hydrogens is 294 g/mol. The van der Waals surface area contributed by atoms with Crippen LogP contribution in [-0.2, 0) is 21.4 Å². The Hall–Kier alpha value is -1.15. The smallest absolute Gasteiger partial charge is 0.244 e. The molecule has 2 N–H and O–H groups in total. The molecule has 1 aromatic rings. The number of sulfonamides is 1. The summed E-state index contributed by atoms with van der Waals surface area (Å²) in [6.45, 7) is 2.72. The molecule has 0 saturated carbocycles. The molecule has 1 heterocycles. The van der Waals surface area contributed by atoms with E-state index in [0.29, 0.717) is 31.6 Å². The van der Waals surface area contributed by atoms with Crippen molar-refractivity contribution in [3.8, 4) is 5.75 Å². The van der Waals surface area contributed by atoms with Crippen molar-refractivity contribution >= 4 is 10.0 Å². The van der Waals surface area contributed by atoms with E-state index in [-0.39, 0.29) is 17.3 Å². The fourth-order valence-corrected chi connectivity index (χ4v) is 4.02. The lowest BCUT2D eigenvalue weighted by molar-refractivity contribution is 0.0537. The Morgan fingerprint density at radius 3 is 2.62 bits per heavy atom. The van der Waals surface area contributed by atoms with Crippen LogP contribution in [0.3, 0.4) is 0 Å². The zero-order valence-electron chi connectivity index (χ0n) is 12.3. The zero-order valence-corrected chi connectivity index (χ0v) is 13.1. The second-order valence-corrected chi connectivity index (χ2v) is 7.07. The number of aliphatic hydroxyl groups excluding tert-OH is 1. The van der Waals surface area contributed by atoms with Crippen LogP contribution in [-0.4, -0.2) is 39.4 Å². The molecule has 118 valence electrons. The van der Waals surface area contributed by atoms with E-state index in [2.05, 4.69) is 4.72 Å². The predicted molar refractivity (Wildman–Crippen MR) is 77.7 cm³/mol. The Balaban J connectivity index is 2.34. The van der Waals surface area contributed by atoms with E-state index in [0.717, 1.165) is 0 Å². The van der Waals surface area contributed by atoms with Gasteiger partial charge >= 0.3 is 0 Å². The molecule has 0 radical (unpaired) electrons. The van der Waals surface area contributed by atoms with E-state index in [1.165, 1.54) is 13.2 Å². The third-order valence-electron chi connectivity index (χ3n) is 3.68. The van der Waals surface area contributed by atoms with Crippen molar-refractivity contribution in [3.63, 3.8) is 0 Å². The van der Waals surface area contributed by atoms with Gasteiger partial charge in [-0.15, -0.1) is 0 Å². The van der Waals surface area contributed by atoms with Gasteiger partial charge in [0.25, 0.3) is 0 Å². The highest BCUT2D eigenvalue weighted by atomic mass is 32.2. The zero-order chi connectivity index (χ0) is 15.5. The number of benzene rings is 1. The number of ether oxygens (including phenoxy) is 2. The molecule has 2 rings (SSSR count). The molecule has 1 saturated heterocycles. The molecule has 0 aromatic heterocycles. The third-order valence-corrected chi connectivity index (χ3v) is 5.34. The second kappa shape index (κ2) is 6.31. The molecule has 0 bridgehead atoms. The lowest BCUT2D eigenvalue weighted by Crippen LogP contribution is -2.49. The van der Waals surface area contributed by atoms with Gasteiger partial charge in [-0.2, -0.15) is 0 Å². The molecule has 1 aliphatic heterocycles. The summed E-state index contributed by atoms with van der Waals surface area (Å²) in [7, 11) is -2.32. The maximum Gasteiger partial charge on any atom is 0.244 e. The normalized spacial score (nSPS) is 18.4. The van der Waals surface area contributed by atoms with E-state index in [1.54, 1.807) is 12.1 Å². The van der Waals surface area contributed by atoms with E-state index in [1.807, 2.05) is 6.92 Å².